The molecule has 4 unspecified atom stereocenters. The molecule has 0 rings (SSSR count). The first kappa shape index (κ1) is 40.1. The minimum absolute atomic E-state index is 0.363. The Labute approximate surface area is 253 Å². The number of carbonyl (C=O) groups is 1. The maximum absolute atomic E-state index is 12.4. The van der Waals surface area contributed by atoms with Crippen LogP contribution in [-0.2, 0) is 4.79 Å². The fraction of sp³-hybridized carbons (Fsp3) is 0.914. The van der Waals surface area contributed by atoms with E-state index in [1.54, 1.807) is 0 Å². The Morgan fingerprint density at radius 3 is 1.41 bits per heavy atom. The molecule has 5 N–H and O–H groups in total. The summed E-state index contributed by atoms with van der Waals surface area (Å²) in [6, 6.07) is -0.981. The maximum Gasteiger partial charge on any atom is 0.249 e. The number of aliphatic hydroxyl groups excluding tert-OH is 4. The van der Waals surface area contributed by atoms with Crippen LogP contribution in [0.1, 0.15) is 174 Å². The molecule has 6 heteroatoms. The van der Waals surface area contributed by atoms with E-state index < -0.39 is 36.9 Å². The van der Waals surface area contributed by atoms with E-state index >= 15 is 0 Å². The van der Waals surface area contributed by atoms with Crippen molar-refractivity contribution in [1.29, 1.82) is 0 Å². The first-order valence-electron chi connectivity index (χ1n) is 17.6. The molecule has 0 aromatic rings. The van der Waals surface area contributed by atoms with Crippen LogP contribution in [0.5, 0.6) is 0 Å². The first-order valence-corrected chi connectivity index (χ1v) is 17.6. The van der Waals surface area contributed by atoms with E-state index in [9.17, 15) is 25.2 Å². The molecule has 0 aliphatic carbocycles. The monoisotopic (exact) mass is 584 g/mol. The van der Waals surface area contributed by atoms with Crippen LogP contribution in [-0.4, -0.2) is 57.3 Å². The van der Waals surface area contributed by atoms with E-state index in [1.807, 2.05) is 0 Å². The molecule has 4 atom stereocenters. The zero-order chi connectivity index (χ0) is 30.4. The lowest BCUT2D eigenvalue weighted by molar-refractivity contribution is -0.132. The van der Waals surface area contributed by atoms with Gasteiger partial charge in [0.25, 0.3) is 0 Å². The summed E-state index contributed by atoms with van der Waals surface area (Å²) < 4.78 is 0. The number of hydrogen-bond acceptors (Lipinski definition) is 5. The van der Waals surface area contributed by atoms with Crippen LogP contribution in [0.25, 0.3) is 0 Å². The van der Waals surface area contributed by atoms with Crippen molar-refractivity contribution in [3.63, 3.8) is 0 Å². The fourth-order valence-corrected chi connectivity index (χ4v) is 5.34. The van der Waals surface area contributed by atoms with Crippen molar-refractivity contribution < 1.29 is 25.2 Å². The highest BCUT2D eigenvalue weighted by atomic mass is 16.3. The van der Waals surface area contributed by atoms with Gasteiger partial charge < -0.3 is 25.7 Å². The van der Waals surface area contributed by atoms with E-state index in [0.717, 1.165) is 44.9 Å². The average Bonchev–Trinajstić information content (AvgIpc) is 2.98. The number of amides is 1. The van der Waals surface area contributed by atoms with E-state index in [1.165, 1.54) is 103 Å². The van der Waals surface area contributed by atoms with Crippen molar-refractivity contribution in [3.05, 3.63) is 12.2 Å². The molecule has 6 nitrogen and oxygen atoms in total. The summed E-state index contributed by atoms with van der Waals surface area (Å²) in [5.74, 6) is -0.592. The summed E-state index contributed by atoms with van der Waals surface area (Å²) >= 11 is 0. The molecule has 0 aliphatic rings. The van der Waals surface area contributed by atoms with Gasteiger partial charge in [-0.05, 0) is 38.5 Å². The third-order valence-electron chi connectivity index (χ3n) is 8.23. The fourth-order valence-electron chi connectivity index (χ4n) is 5.34. The van der Waals surface area contributed by atoms with Crippen LogP contribution in [0.2, 0.25) is 0 Å². The second kappa shape index (κ2) is 30.5. The van der Waals surface area contributed by atoms with Gasteiger partial charge in [0, 0.05) is 0 Å². The van der Waals surface area contributed by atoms with Gasteiger partial charge >= 0.3 is 0 Å². The van der Waals surface area contributed by atoms with E-state index in [-0.39, 0.29) is 0 Å². The van der Waals surface area contributed by atoms with Gasteiger partial charge in [-0.15, -0.1) is 0 Å². The van der Waals surface area contributed by atoms with Crippen molar-refractivity contribution in [1.82, 2.24) is 5.32 Å². The van der Waals surface area contributed by atoms with Crippen LogP contribution in [0.3, 0.4) is 0 Å². The Bertz CT molecular complexity index is 585. The van der Waals surface area contributed by atoms with Gasteiger partial charge in [-0.1, -0.05) is 148 Å². The van der Waals surface area contributed by atoms with Gasteiger partial charge in [-0.3, -0.25) is 4.79 Å². The topological polar surface area (TPSA) is 110 Å². The molecule has 0 saturated carbocycles. The molecule has 41 heavy (non-hydrogen) atoms. The molecule has 0 bridgehead atoms. The van der Waals surface area contributed by atoms with E-state index in [4.69, 9.17) is 0 Å². The Balaban J connectivity index is 3.83. The summed E-state index contributed by atoms with van der Waals surface area (Å²) in [6.07, 6.45) is 29.5. The van der Waals surface area contributed by atoms with Gasteiger partial charge in [0.05, 0.1) is 18.8 Å². The third kappa shape index (κ3) is 25.3. The van der Waals surface area contributed by atoms with Crippen LogP contribution in [0, 0.1) is 0 Å². The molecule has 1 amide bonds. The number of aliphatic hydroxyl groups is 4. The van der Waals surface area contributed by atoms with Crippen LogP contribution < -0.4 is 5.32 Å². The minimum atomic E-state index is -1.25. The lowest BCUT2D eigenvalue weighted by Crippen LogP contribution is -2.53. The Morgan fingerprint density at radius 1 is 0.585 bits per heavy atom. The zero-order valence-corrected chi connectivity index (χ0v) is 27.0. The largest absolute Gasteiger partial charge is 0.394 e. The third-order valence-corrected chi connectivity index (χ3v) is 8.23. The number of carbonyl (C=O) groups excluding carboxylic acids is 1. The highest BCUT2D eigenvalue weighted by Gasteiger charge is 2.28. The lowest BCUT2D eigenvalue weighted by Gasteiger charge is -2.27. The van der Waals surface area contributed by atoms with Crippen molar-refractivity contribution >= 4 is 5.91 Å². The number of unbranched alkanes of at least 4 members (excludes halogenated alkanes) is 20. The van der Waals surface area contributed by atoms with Gasteiger partial charge in [0.1, 0.15) is 12.2 Å². The number of rotatable bonds is 31. The highest BCUT2D eigenvalue weighted by Crippen LogP contribution is 2.15. The van der Waals surface area contributed by atoms with Gasteiger partial charge in [0.15, 0.2) is 0 Å². The van der Waals surface area contributed by atoms with Crippen LogP contribution >= 0.6 is 0 Å². The average molecular weight is 584 g/mol. The SMILES string of the molecule is CCCCCCCC/C=C\CCCCCCCCC(O)C(=O)NC(CO)C(O)C(O)CCCCCCCCCCC. The Hall–Kier alpha value is -0.950. The van der Waals surface area contributed by atoms with Crippen molar-refractivity contribution in [2.75, 3.05) is 6.61 Å². The normalized spacial score (nSPS) is 14.8. The molecule has 244 valence electrons. The standard InChI is InChI=1S/C35H69NO5/c1-3-5-7-9-11-13-14-15-16-17-18-19-21-23-25-27-29-33(39)35(41)36-31(30-37)34(40)32(38)28-26-24-22-20-12-10-8-6-4-2/h15-16,31-34,37-40H,3-14,17-30H2,1-2H3,(H,36,41)/b16-15-. The highest BCUT2D eigenvalue weighted by molar-refractivity contribution is 5.80. The predicted molar refractivity (Wildman–Crippen MR) is 173 cm³/mol. The quantitative estimate of drug-likeness (QED) is 0.0421. The minimum Gasteiger partial charge on any atom is -0.394 e. The van der Waals surface area contributed by atoms with Gasteiger partial charge in [-0.2, -0.15) is 0 Å². The molecule has 0 heterocycles. The molecule has 0 aromatic carbocycles. The van der Waals surface area contributed by atoms with Crippen molar-refractivity contribution in [3.8, 4) is 0 Å². The summed E-state index contributed by atoms with van der Waals surface area (Å²) in [5.41, 5.74) is 0. The van der Waals surface area contributed by atoms with Crippen molar-refractivity contribution in [2.24, 2.45) is 0 Å². The van der Waals surface area contributed by atoms with Gasteiger partial charge in [-0.25, -0.2) is 0 Å². The summed E-state index contributed by atoms with van der Waals surface area (Å²) in [6.45, 7) is 3.99. The molecule has 0 spiro atoms. The smallest absolute Gasteiger partial charge is 0.249 e. The number of hydrogen-bond donors (Lipinski definition) is 5. The predicted octanol–water partition coefficient (Wildman–Crippen LogP) is 7.89. The molecule has 0 aromatic heterocycles. The van der Waals surface area contributed by atoms with E-state index in [0.29, 0.717) is 12.8 Å². The van der Waals surface area contributed by atoms with Crippen LogP contribution in [0.15, 0.2) is 12.2 Å². The molecular weight excluding hydrogens is 514 g/mol. The second-order valence-corrected chi connectivity index (χ2v) is 12.2. The molecule has 0 aliphatic heterocycles. The lowest BCUT2D eigenvalue weighted by atomic mass is 9.99. The van der Waals surface area contributed by atoms with Gasteiger partial charge in [0.2, 0.25) is 5.91 Å². The first-order chi connectivity index (χ1) is 20.0. The Morgan fingerprint density at radius 2 is 0.976 bits per heavy atom. The second-order valence-electron chi connectivity index (χ2n) is 12.2. The molecule has 0 saturated heterocycles. The zero-order valence-electron chi connectivity index (χ0n) is 27.0. The number of nitrogens with one attached hydrogen (secondary N) is 1. The molecular formula is C35H69NO5. The number of allylic oxidation sites excluding steroid dienone is 2. The van der Waals surface area contributed by atoms with Crippen LogP contribution in [0.4, 0.5) is 0 Å². The van der Waals surface area contributed by atoms with Crippen molar-refractivity contribution in [2.45, 2.75) is 199 Å². The Kier molecular flexibility index (Phi) is 29.8. The summed E-state index contributed by atoms with van der Waals surface area (Å²) in [5, 5.41) is 43.2. The summed E-state index contributed by atoms with van der Waals surface area (Å²) in [7, 11) is 0. The molecule has 0 fully saturated rings. The maximum atomic E-state index is 12.4. The summed E-state index contributed by atoms with van der Waals surface area (Å²) in [4.78, 5) is 12.4. The molecule has 0 radical (unpaired) electrons. The van der Waals surface area contributed by atoms with E-state index in [2.05, 4.69) is 31.3 Å².